The Morgan fingerprint density at radius 1 is 1.00 bits per heavy atom. The zero-order valence-corrected chi connectivity index (χ0v) is 15.1. The maximum absolute atomic E-state index is 10.6. The summed E-state index contributed by atoms with van der Waals surface area (Å²) in [5.74, 6) is 0. The summed E-state index contributed by atoms with van der Waals surface area (Å²) in [6.45, 7) is 5.36. The molecule has 0 bridgehead atoms. The van der Waals surface area contributed by atoms with E-state index in [2.05, 4.69) is 37.4 Å². The van der Waals surface area contributed by atoms with Crippen molar-refractivity contribution in [1.82, 2.24) is 5.32 Å². The molecule has 1 aliphatic carbocycles. The highest BCUT2D eigenvalue weighted by Crippen LogP contribution is 2.26. The summed E-state index contributed by atoms with van der Waals surface area (Å²) >= 11 is 0. The van der Waals surface area contributed by atoms with E-state index in [1.54, 1.807) is 0 Å². The summed E-state index contributed by atoms with van der Waals surface area (Å²) in [5, 5.41) is 14.1. The molecule has 2 N–H and O–H groups in total. The second-order valence-corrected chi connectivity index (χ2v) is 7.19. The Hall–Kier alpha value is -0.860. The molecule has 1 aromatic carbocycles. The molecule has 2 heteroatoms. The fourth-order valence-corrected chi connectivity index (χ4v) is 3.57. The van der Waals surface area contributed by atoms with Crippen LogP contribution in [0.5, 0.6) is 0 Å². The molecule has 130 valence electrons. The zero-order valence-electron chi connectivity index (χ0n) is 15.1. The molecular formula is C21H35NO. The number of aliphatic hydroxyl groups is 1. The molecule has 2 nitrogen and oxygen atoms in total. The Kier molecular flexibility index (Phi) is 8.11. The Morgan fingerprint density at radius 3 is 2.48 bits per heavy atom. The van der Waals surface area contributed by atoms with Crippen LogP contribution in [0.3, 0.4) is 0 Å². The lowest BCUT2D eigenvalue weighted by molar-refractivity contribution is 0.136. The van der Waals surface area contributed by atoms with Gasteiger partial charge in [-0.1, -0.05) is 57.2 Å². The van der Waals surface area contributed by atoms with E-state index >= 15 is 0 Å². The first kappa shape index (κ1) is 18.5. The quantitative estimate of drug-likeness (QED) is 0.599. The average molecular weight is 318 g/mol. The van der Waals surface area contributed by atoms with Gasteiger partial charge >= 0.3 is 0 Å². The fraction of sp³-hybridized carbons (Fsp3) is 0.714. The van der Waals surface area contributed by atoms with Crippen LogP contribution in [0.15, 0.2) is 18.2 Å². The van der Waals surface area contributed by atoms with Gasteiger partial charge in [0.15, 0.2) is 0 Å². The van der Waals surface area contributed by atoms with E-state index in [-0.39, 0.29) is 6.04 Å². The second kappa shape index (κ2) is 10.1. The summed E-state index contributed by atoms with van der Waals surface area (Å²) in [4.78, 5) is 0. The standard InChI is InChI=1S/C21H35NO/c1-3-4-5-6-7-10-15-22-17(2)21(23)20-14-13-18-11-8-9-12-19(18)16-20/h13-14,16-17,21-23H,3-12,15H2,1-2H3. The molecule has 1 aromatic rings. The molecule has 0 radical (unpaired) electrons. The highest BCUT2D eigenvalue weighted by molar-refractivity contribution is 5.35. The average Bonchev–Trinajstić information content (AvgIpc) is 2.59. The summed E-state index contributed by atoms with van der Waals surface area (Å²) in [7, 11) is 0. The van der Waals surface area contributed by atoms with Crippen LogP contribution in [-0.4, -0.2) is 17.7 Å². The van der Waals surface area contributed by atoms with Crippen LogP contribution >= 0.6 is 0 Å². The minimum Gasteiger partial charge on any atom is -0.387 e. The highest BCUT2D eigenvalue weighted by atomic mass is 16.3. The molecule has 0 heterocycles. The highest BCUT2D eigenvalue weighted by Gasteiger charge is 2.18. The van der Waals surface area contributed by atoms with E-state index < -0.39 is 6.10 Å². The van der Waals surface area contributed by atoms with Gasteiger partial charge < -0.3 is 10.4 Å². The van der Waals surface area contributed by atoms with Crippen molar-refractivity contribution in [3.05, 3.63) is 34.9 Å². The lowest BCUT2D eigenvalue weighted by atomic mass is 9.89. The molecule has 0 aliphatic heterocycles. The Labute approximate surface area is 142 Å². The number of unbranched alkanes of at least 4 members (excludes halogenated alkanes) is 5. The van der Waals surface area contributed by atoms with Crippen LogP contribution < -0.4 is 5.32 Å². The van der Waals surface area contributed by atoms with Crippen molar-refractivity contribution in [2.24, 2.45) is 0 Å². The summed E-state index contributed by atoms with van der Waals surface area (Å²) in [6, 6.07) is 6.71. The van der Waals surface area contributed by atoms with Crippen LogP contribution in [0.4, 0.5) is 0 Å². The number of aliphatic hydroxyl groups excluding tert-OH is 1. The maximum atomic E-state index is 10.6. The summed E-state index contributed by atoms with van der Waals surface area (Å²) < 4.78 is 0. The number of rotatable bonds is 10. The van der Waals surface area contributed by atoms with Crippen molar-refractivity contribution < 1.29 is 5.11 Å². The maximum Gasteiger partial charge on any atom is 0.0940 e. The summed E-state index contributed by atoms with van der Waals surface area (Å²) in [5.41, 5.74) is 4.02. The molecule has 0 saturated carbocycles. The van der Waals surface area contributed by atoms with Crippen molar-refractivity contribution in [2.75, 3.05) is 6.54 Å². The summed E-state index contributed by atoms with van der Waals surface area (Å²) in [6.07, 6.45) is 12.5. The van der Waals surface area contributed by atoms with E-state index in [4.69, 9.17) is 0 Å². The minimum atomic E-state index is -0.401. The smallest absolute Gasteiger partial charge is 0.0940 e. The molecule has 2 atom stereocenters. The molecule has 23 heavy (non-hydrogen) atoms. The van der Waals surface area contributed by atoms with Gasteiger partial charge in [0, 0.05) is 6.04 Å². The first-order valence-corrected chi connectivity index (χ1v) is 9.75. The first-order chi connectivity index (χ1) is 11.2. The topological polar surface area (TPSA) is 32.3 Å². The first-order valence-electron chi connectivity index (χ1n) is 9.75. The minimum absolute atomic E-state index is 0.118. The van der Waals surface area contributed by atoms with Gasteiger partial charge in [-0.05, 0) is 62.3 Å². The van der Waals surface area contributed by atoms with Crippen molar-refractivity contribution in [3.63, 3.8) is 0 Å². The van der Waals surface area contributed by atoms with Crippen LogP contribution in [0.2, 0.25) is 0 Å². The predicted octanol–water partition coefficient (Wildman–Crippen LogP) is 4.94. The zero-order chi connectivity index (χ0) is 16.5. The molecule has 0 fully saturated rings. The third kappa shape index (κ3) is 5.93. The van der Waals surface area contributed by atoms with E-state index in [1.165, 1.54) is 75.3 Å². The lowest BCUT2D eigenvalue weighted by Gasteiger charge is -2.23. The van der Waals surface area contributed by atoms with Crippen molar-refractivity contribution in [2.45, 2.75) is 90.2 Å². The van der Waals surface area contributed by atoms with Crippen LogP contribution in [0, 0.1) is 0 Å². The number of aryl methyl sites for hydroxylation is 2. The molecule has 2 rings (SSSR count). The number of hydrogen-bond donors (Lipinski definition) is 2. The second-order valence-electron chi connectivity index (χ2n) is 7.19. The number of nitrogens with one attached hydrogen (secondary N) is 1. The van der Waals surface area contributed by atoms with Gasteiger partial charge in [-0.2, -0.15) is 0 Å². The Bertz CT molecular complexity index is 457. The Balaban J connectivity index is 1.73. The normalized spacial score (nSPS) is 16.8. The molecule has 0 saturated heterocycles. The van der Waals surface area contributed by atoms with Gasteiger partial charge in [-0.3, -0.25) is 0 Å². The van der Waals surface area contributed by atoms with E-state index in [9.17, 15) is 5.11 Å². The van der Waals surface area contributed by atoms with Crippen LogP contribution in [0.1, 0.15) is 88.0 Å². The van der Waals surface area contributed by atoms with Crippen molar-refractivity contribution in [1.29, 1.82) is 0 Å². The number of fused-ring (bicyclic) bond motifs is 1. The van der Waals surface area contributed by atoms with Gasteiger partial charge in [0.2, 0.25) is 0 Å². The molecular weight excluding hydrogens is 282 g/mol. The molecule has 2 unspecified atom stereocenters. The molecule has 0 aromatic heterocycles. The molecule has 1 aliphatic rings. The van der Waals surface area contributed by atoms with E-state index in [0.29, 0.717) is 0 Å². The predicted molar refractivity (Wildman–Crippen MR) is 98.9 cm³/mol. The van der Waals surface area contributed by atoms with Gasteiger partial charge in [-0.15, -0.1) is 0 Å². The fourth-order valence-electron chi connectivity index (χ4n) is 3.57. The van der Waals surface area contributed by atoms with Crippen LogP contribution in [0.25, 0.3) is 0 Å². The van der Waals surface area contributed by atoms with Crippen molar-refractivity contribution >= 4 is 0 Å². The number of hydrogen-bond acceptors (Lipinski definition) is 2. The van der Waals surface area contributed by atoms with Gasteiger partial charge in [0.25, 0.3) is 0 Å². The van der Waals surface area contributed by atoms with Crippen molar-refractivity contribution in [3.8, 4) is 0 Å². The third-order valence-electron chi connectivity index (χ3n) is 5.18. The lowest BCUT2D eigenvalue weighted by Crippen LogP contribution is -2.33. The van der Waals surface area contributed by atoms with Crippen LogP contribution in [-0.2, 0) is 12.8 Å². The van der Waals surface area contributed by atoms with Gasteiger partial charge in [0.1, 0.15) is 0 Å². The SMILES string of the molecule is CCCCCCCCNC(C)C(O)c1ccc2c(c1)CCCC2. The van der Waals surface area contributed by atoms with Gasteiger partial charge in [-0.25, -0.2) is 0 Å². The Morgan fingerprint density at radius 2 is 1.70 bits per heavy atom. The third-order valence-corrected chi connectivity index (χ3v) is 5.18. The number of benzene rings is 1. The van der Waals surface area contributed by atoms with E-state index in [1.807, 2.05) is 0 Å². The van der Waals surface area contributed by atoms with E-state index in [0.717, 1.165) is 12.1 Å². The largest absolute Gasteiger partial charge is 0.387 e. The van der Waals surface area contributed by atoms with Gasteiger partial charge in [0.05, 0.1) is 6.10 Å². The molecule has 0 spiro atoms. The molecule has 0 amide bonds. The monoisotopic (exact) mass is 317 g/mol.